The highest BCUT2D eigenvalue weighted by Crippen LogP contribution is 2.23. The Morgan fingerprint density at radius 1 is 1.29 bits per heavy atom. The molecule has 0 radical (unpaired) electrons. The van der Waals surface area contributed by atoms with E-state index in [1.165, 1.54) is 7.11 Å². The number of sulfone groups is 1. The van der Waals surface area contributed by atoms with Crippen LogP contribution < -0.4 is 10.1 Å². The van der Waals surface area contributed by atoms with Crippen LogP contribution in [0.15, 0.2) is 29.2 Å². The topological polar surface area (TPSA) is 55.4 Å². The molecule has 0 heterocycles. The van der Waals surface area contributed by atoms with Gasteiger partial charge in [0.1, 0.15) is 10.6 Å². The summed E-state index contributed by atoms with van der Waals surface area (Å²) < 4.78 is 29.2. The van der Waals surface area contributed by atoms with Crippen molar-refractivity contribution in [3.63, 3.8) is 0 Å². The average Bonchev–Trinajstić information content (AvgIpc) is 2.28. The van der Waals surface area contributed by atoms with Crippen molar-refractivity contribution in [3.8, 4) is 5.75 Å². The zero-order chi connectivity index (χ0) is 12.9. The van der Waals surface area contributed by atoms with Crippen molar-refractivity contribution in [1.82, 2.24) is 5.32 Å². The maximum Gasteiger partial charge on any atom is 0.183 e. The number of benzene rings is 1. The largest absolute Gasteiger partial charge is 0.495 e. The van der Waals surface area contributed by atoms with Gasteiger partial charge in [0, 0.05) is 12.6 Å². The standard InChI is InChI=1S/C12H19NO3S/c1-10(2)13-8-9-17(14,15)12-7-5-4-6-11(12)16-3/h4-7,10,13H,8-9H2,1-3H3. The minimum atomic E-state index is -3.29. The summed E-state index contributed by atoms with van der Waals surface area (Å²) >= 11 is 0. The first-order valence-corrected chi connectivity index (χ1v) is 7.22. The van der Waals surface area contributed by atoms with E-state index >= 15 is 0 Å². The van der Waals surface area contributed by atoms with E-state index in [4.69, 9.17) is 4.74 Å². The lowest BCUT2D eigenvalue weighted by Gasteiger charge is -2.11. The first-order chi connectivity index (χ1) is 7.97. The molecule has 0 saturated carbocycles. The van der Waals surface area contributed by atoms with Gasteiger partial charge in [0.25, 0.3) is 0 Å². The van der Waals surface area contributed by atoms with Crippen LogP contribution in [-0.4, -0.2) is 33.9 Å². The first-order valence-electron chi connectivity index (χ1n) is 5.56. The van der Waals surface area contributed by atoms with Gasteiger partial charge in [-0.05, 0) is 12.1 Å². The molecule has 17 heavy (non-hydrogen) atoms. The molecule has 0 fully saturated rings. The normalized spacial score (nSPS) is 11.8. The molecule has 0 amide bonds. The molecular weight excluding hydrogens is 238 g/mol. The van der Waals surface area contributed by atoms with E-state index in [0.717, 1.165) is 0 Å². The van der Waals surface area contributed by atoms with E-state index < -0.39 is 9.84 Å². The predicted molar refractivity (Wildman–Crippen MR) is 68.2 cm³/mol. The quantitative estimate of drug-likeness (QED) is 0.838. The molecule has 0 spiro atoms. The van der Waals surface area contributed by atoms with Crippen molar-refractivity contribution in [2.45, 2.75) is 24.8 Å². The van der Waals surface area contributed by atoms with Gasteiger partial charge in [0.2, 0.25) is 0 Å². The number of hydrogen-bond donors (Lipinski definition) is 1. The molecule has 1 aromatic rings. The molecule has 5 heteroatoms. The van der Waals surface area contributed by atoms with Crippen LogP contribution in [-0.2, 0) is 9.84 Å². The van der Waals surface area contributed by atoms with E-state index in [2.05, 4.69) is 5.32 Å². The fourth-order valence-corrected chi connectivity index (χ4v) is 2.82. The van der Waals surface area contributed by atoms with Gasteiger partial charge in [-0.15, -0.1) is 0 Å². The Hall–Kier alpha value is -1.07. The number of hydrogen-bond acceptors (Lipinski definition) is 4. The van der Waals surface area contributed by atoms with Gasteiger partial charge >= 0.3 is 0 Å². The van der Waals surface area contributed by atoms with Gasteiger partial charge in [-0.2, -0.15) is 0 Å². The van der Waals surface area contributed by atoms with E-state index in [-0.39, 0.29) is 16.7 Å². The highest BCUT2D eigenvalue weighted by atomic mass is 32.2. The fourth-order valence-electron chi connectivity index (χ4n) is 1.47. The highest BCUT2D eigenvalue weighted by molar-refractivity contribution is 7.91. The predicted octanol–water partition coefficient (Wildman–Crippen LogP) is 1.47. The van der Waals surface area contributed by atoms with Gasteiger partial charge < -0.3 is 10.1 Å². The summed E-state index contributed by atoms with van der Waals surface area (Å²) in [4.78, 5) is 0.257. The molecule has 0 aromatic heterocycles. The maximum absolute atomic E-state index is 12.1. The molecule has 0 aliphatic rings. The Morgan fingerprint density at radius 2 is 1.94 bits per heavy atom. The second kappa shape index (κ2) is 6.02. The SMILES string of the molecule is COc1ccccc1S(=O)(=O)CCNC(C)C. The summed E-state index contributed by atoms with van der Waals surface area (Å²) in [5.74, 6) is 0.475. The van der Waals surface area contributed by atoms with Crippen molar-refractivity contribution in [1.29, 1.82) is 0 Å². The second-order valence-electron chi connectivity index (χ2n) is 4.08. The summed E-state index contributed by atoms with van der Waals surface area (Å²) in [5.41, 5.74) is 0. The summed E-state index contributed by atoms with van der Waals surface area (Å²) in [6.07, 6.45) is 0. The van der Waals surface area contributed by atoms with Gasteiger partial charge in [-0.3, -0.25) is 0 Å². The number of nitrogens with one attached hydrogen (secondary N) is 1. The molecule has 0 aliphatic heterocycles. The Bertz CT molecular complexity index is 455. The maximum atomic E-state index is 12.1. The third-order valence-corrected chi connectivity index (χ3v) is 4.08. The molecule has 1 rings (SSSR count). The monoisotopic (exact) mass is 257 g/mol. The number of methoxy groups -OCH3 is 1. The molecule has 0 atom stereocenters. The van der Waals surface area contributed by atoms with Crippen molar-refractivity contribution >= 4 is 9.84 Å². The molecule has 1 aromatic carbocycles. The Morgan fingerprint density at radius 3 is 2.53 bits per heavy atom. The van der Waals surface area contributed by atoms with E-state index in [1.807, 2.05) is 13.8 Å². The molecular formula is C12H19NO3S. The average molecular weight is 257 g/mol. The zero-order valence-corrected chi connectivity index (χ0v) is 11.3. The molecule has 1 N–H and O–H groups in total. The third-order valence-electron chi connectivity index (χ3n) is 2.33. The Kier molecular flexibility index (Phi) is 4.96. The van der Waals surface area contributed by atoms with Crippen LogP contribution in [0, 0.1) is 0 Å². The minimum Gasteiger partial charge on any atom is -0.495 e. The molecule has 0 bridgehead atoms. The van der Waals surface area contributed by atoms with Crippen LogP contribution in [0.25, 0.3) is 0 Å². The zero-order valence-electron chi connectivity index (χ0n) is 10.4. The Balaban J connectivity index is 2.82. The van der Waals surface area contributed by atoms with Crippen LogP contribution in [0.1, 0.15) is 13.8 Å². The van der Waals surface area contributed by atoms with E-state index in [9.17, 15) is 8.42 Å². The van der Waals surface area contributed by atoms with Crippen LogP contribution in [0.4, 0.5) is 0 Å². The summed E-state index contributed by atoms with van der Waals surface area (Å²) in [6.45, 7) is 4.41. The van der Waals surface area contributed by atoms with Crippen molar-refractivity contribution in [3.05, 3.63) is 24.3 Å². The lowest BCUT2D eigenvalue weighted by atomic mass is 10.3. The lowest BCUT2D eigenvalue weighted by molar-refractivity contribution is 0.402. The summed E-state index contributed by atoms with van der Waals surface area (Å²) in [7, 11) is -1.81. The van der Waals surface area contributed by atoms with Gasteiger partial charge in [0.15, 0.2) is 9.84 Å². The smallest absolute Gasteiger partial charge is 0.183 e. The molecule has 96 valence electrons. The van der Waals surface area contributed by atoms with E-state index in [0.29, 0.717) is 12.3 Å². The molecule has 0 unspecified atom stereocenters. The van der Waals surface area contributed by atoms with Gasteiger partial charge in [-0.25, -0.2) is 8.42 Å². The summed E-state index contributed by atoms with van der Waals surface area (Å²) in [6, 6.07) is 6.96. The molecule has 4 nitrogen and oxygen atoms in total. The number of ether oxygens (including phenoxy) is 1. The third kappa shape index (κ3) is 4.02. The minimum absolute atomic E-state index is 0.0750. The second-order valence-corrected chi connectivity index (χ2v) is 6.16. The number of rotatable bonds is 6. The highest BCUT2D eigenvalue weighted by Gasteiger charge is 2.18. The lowest BCUT2D eigenvalue weighted by Crippen LogP contribution is -2.28. The van der Waals surface area contributed by atoms with Crippen LogP contribution in [0.3, 0.4) is 0 Å². The molecule has 0 aliphatic carbocycles. The summed E-state index contributed by atoms with van der Waals surface area (Å²) in [5, 5.41) is 3.09. The van der Waals surface area contributed by atoms with Gasteiger partial charge in [-0.1, -0.05) is 26.0 Å². The van der Waals surface area contributed by atoms with E-state index in [1.54, 1.807) is 24.3 Å². The number of para-hydroxylation sites is 1. The van der Waals surface area contributed by atoms with Crippen molar-refractivity contribution < 1.29 is 13.2 Å². The first kappa shape index (κ1) is 14.0. The van der Waals surface area contributed by atoms with Crippen LogP contribution >= 0.6 is 0 Å². The van der Waals surface area contributed by atoms with Crippen LogP contribution in [0.5, 0.6) is 5.75 Å². The Labute approximate surface area is 103 Å². The molecule has 0 saturated heterocycles. The van der Waals surface area contributed by atoms with Crippen molar-refractivity contribution in [2.24, 2.45) is 0 Å². The van der Waals surface area contributed by atoms with Gasteiger partial charge in [0.05, 0.1) is 12.9 Å². The van der Waals surface area contributed by atoms with Crippen LogP contribution in [0.2, 0.25) is 0 Å². The van der Waals surface area contributed by atoms with Crippen molar-refractivity contribution in [2.75, 3.05) is 19.4 Å². The fraction of sp³-hybridized carbons (Fsp3) is 0.500.